The van der Waals surface area contributed by atoms with Crippen molar-refractivity contribution in [2.45, 2.75) is 32.9 Å². The molecule has 1 heterocycles. The number of ether oxygens (including phenoxy) is 2. The first kappa shape index (κ1) is 17.8. The Morgan fingerprint density at radius 1 is 1.10 bits per heavy atom. The third-order valence-electron chi connectivity index (χ3n) is 3.06. The van der Waals surface area contributed by atoms with E-state index in [1.54, 1.807) is 14.2 Å². The molecule has 0 fully saturated rings. The Morgan fingerprint density at radius 2 is 1.86 bits per heavy atom. The van der Waals surface area contributed by atoms with Gasteiger partial charge in [0.1, 0.15) is 0 Å². The van der Waals surface area contributed by atoms with Crippen molar-refractivity contribution < 1.29 is 9.47 Å². The van der Waals surface area contributed by atoms with Crippen molar-refractivity contribution >= 4 is 5.82 Å². The maximum absolute atomic E-state index is 5.16. The van der Waals surface area contributed by atoms with Crippen LogP contribution in [0.25, 0.3) is 0 Å². The second-order valence-corrected chi connectivity index (χ2v) is 5.24. The lowest BCUT2D eigenvalue weighted by Gasteiger charge is -2.22. The highest BCUT2D eigenvalue weighted by molar-refractivity contribution is 5.37. The third kappa shape index (κ3) is 7.36. The molecule has 1 N–H and O–H groups in total. The van der Waals surface area contributed by atoms with E-state index in [-0.39, 0.29) is 0 Å². The van der Waals surface area contributed by atoms with Crippen LogP contribution in [0.1, 0.15) is 26.0 Å². The fraction of sp³-hybridized carbons (Fsp3) is 0.733. The first-order valence-corrected chi connectivity index (χ1v) is 7.46. The fourth-order valence-corrected chi connectivity index (χ4v) is 1.87. The second-order valence-electron chi connectivity index (χ2n) is 5.24. The molecule has 0 saturated heterocycles. The Hall–Kier alpha value is -1.24. The number of aromatic nitrogens is 2. The van der Waals surface area contributed by atoms with Crippen LogP contribution in [0.2, 0.25) is 0 Å². The van der Waals surface area contributed by atoms with Crippen LogP contribution in [-0.4, -0.2) is 56.8 Å². The zero-order chi connectivity index (χ0) is 15.5. The van der Waals surface area contributed by atoms with Gasteiger partial charge in [-0.05, 0) is 18.6 Å². The molecule has 0 saturated carbocycles. The number of hydrogen-bond donors (Lipinski definition) is 1. The topological polar surface area (TPSA) is 59.5 Å². The van der Waals surface area contributed by atoms with Crippen molar-refractivity contribution in [1.82, 2.24) is 15.5 Å². The summed E-state index contributed by atoms with van der Waals surface area (Å²) in [7, 11) is 3.43. The van der Waals surface area contributed by atoms with Crippen LogP contribution >= 0.6 is 0 Å². The van der Waals surface area contributed by atoms with Gasteiger partial charge in [-0.25, -0.2) is 0 Å². The standard InChI is InChI=1S/C15H28N4O2/c1-13(2)16-12-14-6-7-15(18-17-14)19(9-11-21-4)8-5-10-20-3/h6-7,13,16H,5,8-12H2,1-4H3. The summed E-state index contributed by atoms with van der Waals surface area (Å²) in [5, 5.41) is 11.9. The maximum atomic E-state index is 5.16. The highest BCUT2D eigenvalue weighted by Gasteiger charge is 2.08. The van der Waals surface area contributed by atoms with Crippen molar-refractivity contribution in [3.8, 4) is 0 Å². The molecule has 0 spiro atoms. The summed E-state index contributed by atoms with van der Waals surface area (Å²) in [5.41, 5.74) is 0.955. The molecule has 0 unspecified atom stereocenters. The molecule has 0 amide bonds. The normalized spacial score (nSPS) is 11.1. The third-order valence-corrected chi connectivity index (χ3v) is 3.06. The van der Waals surface area contributed by atoms with E-state index in [1.807, 2.05) is 12.1 Å². The molecule has 0 aliphatic carbocycles. The number of hydrogen-bond acceptors (Lipinski definition) is 6. The monoisotopic (exact) mass is 296 g/mol. The Labute approximate surface area is 127 Å². The van der Waals surface area contributed by atoms with Crippen molar-refractivity contribution in [1.29, 1.82) is 0 Å². The minimum atomic E-state index is 0.443. The summed E-state index contributed by atoms with van der Waals surface area (Å²) in [6, 6.07) is 4.49. The summed E-state index contributed by atoms with van der Waals surface area (Å²) in [6.07, 6.45) is 0.957. The van der Waals surface area contributed by atoms with Gasteiger partial charge >= 0.3 is 0 Å². The average Bonchev–Trinajstić information content (AvgIpc) is 2.49. The van der Waals surface area contributed by atoms with Gasteiger partial charge in [0.2, 0.25) is 0 Å². The van der Waals surface area contributed by atoms with E-state index >= 15 is 0 Å². The van der Waals surface area contributed by atoms with Crippen LogP contribution in [-0.2, 0) is 16.0 Å². The predicted octanol–water partition coefficient (Wildman–Crippen LogP) is 1.46. The van der Waals surface area contributed by atoms with Crippen LogP contribution in [0.5, 0.6) is 0 Å². The van der Waals surface area contributed by atoms with E-state index in [2.05, 4.69) is 34.3 Å². The van der Waals surface area contributed by atoms with Crippen LogP contribution in [0, 0.1) is 0 Å². The Kier molecular flexibility index (Phi) is 8.89. The fourth-order valence-electron chi connectivity index (χ4n) is 1.87. The second kappa shape index (κ2) is 10.5. The molecule has 6 heteroatoms. The van der Waals surface area contributed by atoms with E-state index in [4.69, 9.17) is 9.47 Å². The van der Waals surface area contributed by atoms with Crippen LogP contribution in [0.15, 0.2) is 12.1 Å². The molecule has 0 aliphatic heterocycles. The van der Waals surface area contributed by atoms with Crippen molar-refractivity contribution in [2.24, 2.45) is 0 Å². The van der Waals surface area contributed by atoms with E-state index in [9.17, 15) is 0 Å². The summed E-state index contributed by atoms with van der Waals surface area (Å²) in [6.45, 7) is 8.08. The zero-order valence-corrected chi connectivity index (χ0v) is 13.6. The van der Waals surface area contributed by atoms with Crippen molar-refractivity contribution in [3.63, 3.8) is 0 Å². The molecule has 120 valence electrons. The molecule has 1 aromatic heterocycles. The molecule has 0 aliphatic rings. The highest BCUT2D eigenvalue weighted by Crippen LogP contribution is 2.10. The Balaban J connectivity index is 2.59. The molecule has 0 radical (unpaired) electrons. The quantitative estimate of drug-likeness (QED) is 0.624. The van der Waals surface area contributed by atoms with E-state index in [0.717, 1.165) is 44.2 Å². The first-order chi connectivity index (χ1) is 10.2. The number of nitrogens with zero attached hydrogens (tertiary/aromatic N) is 3. The summed E-state index contributed by atoms with van der Waals surface area (Å²) < 4.78 is 10.3. The lowest BCUT2D eigenvalue weighted by atomic mass is 10.3. The van der Waals surface area contributed by atoms with Gasteiger partial charge in [-0.1, -0.05) is 13.8 Å². The van der Waals surface area contributed by atoms with E-state index in [1.165, 1.54) is 0 Å². The van der Waals surface area contributed by atoms with Gasteiger partial charge in [0, 0.05) is 46.5 Å². The summed E-state index contributed by atoms with van der Waals surface area (Å²) >= 11 is 0. The molecular weight excluding hydrogens is 268 g/mol. The van der Waals surface area contributed by atoms with Gasteiger partial charge in [-0.2, -0.15) is 5.10 Å². The smallest absolute Gasteiger partial charge is 0.151 e. The zero-order valence-electron chi connectivity index (χ0n) is 13.6. The van der Waals surface area contributed by atoms with Gasteiger partial charge in [-0.3, -0.25) is 0 Å². The largest absolute Gasteiger partial charge is 0.385 e. The van der Waals surface area contributed by atoms with Gasteiger partial charge in [0.15, 0.2) is 5.82 Å². The molecule has 1 rings (SSSR count). The molecule has 6 nitrogen and oxygen atoms in total. The van der Waals surface area contributed by atoms with E-state index < -0.39 is 0 Å². The molecule has 21 heavy (non-hydrogen) atoms. The predicted molar refractivity (Wildman–Crippen MR) is 84.6 cm³/mol. The number of anilines is 1. The van der Waals surface area contributed by atoms with Crippen molar-refractivity contribution in [3.05, 3.63) is 17.8 Å². The summed E-state index contributed by atoms with van der Waals surface area (Å²) in [5.74, 6) is 0.886. The van der Waals surface area contributed by atoms with Gasteiger partial charge in [0.25, 0.3) is 0 Å². The molecule has 0 aromatic carbocycles. The molecule has 0 bridgehead atoms. The first-order valence-electron chi connectivity index (χ1n) is 7.46. The lowest BCUT2D eigenvalue weighted by Crippen LogP contribution is -2.30. The van der Waals surface area contributed by atoms with Crippen LogP contribution < -0.4 is 10.2 Å². The molecular formula is C15H28N4O2. The lowest BCUT2D eigenvalue weighted by molar-refractivity contribution is 0.191. The minimum Gasteiger partial charge on any atom is -0.385 e. The Bertz CT molecular complexity index is 370. The Morgan fingerprint density at radius 3 is 2.43 bits per heavy atom. The van der Waals surface area contributed by atoms with Gasteiger partial charge in [-0.15, -0.1) is 5.10 Å². The number of rotatable bonds is 11. The van der Waals surface area contributed by atoms with Crippen LogP contribution in [0.3, 0.4) is 0 Å². The summed E-state index contributed by atoms with van der Waals surface area (Å²) in [4.78, 5) is 2.18. The SMILES string of the molecule is COCCCN(CCOC)c1ccc(CNC(C)C)nn1. The van der Waals surface area contributed by atoms with E-state index in [0.29, 0.717) is 12.6 Å². The molecule has 0 atom stereocenters. The maximum Gasteiger partial charge on any atom is 0.151 e. The number of methoxy groups -OCH3 is 2. The minimum absolute atomic E-state index is 0.443. The van der Waals surface area contributed by atoms with Gasteiger partial charge in [0.05, 0.1) is 12.3 Å². The van der Waals surface area contributed by atoms with Gasteiger partial charge < -0.3 is 19.7 Å². The highest BCUT2D eigenvalue weighted by atomic mass is 16.5. The average molecular weight is 296 g/mol. The number of nitrogens with one attached hydrogen (secondary N) is 1. The molecule has 1 aromatic rings. The van der Waals surface area contributed by atoms with Crippen molar-refractivity contribution in [2.75, 3.05) is 45.4 Å². The van der Waals surface area contributed by atoms with Crippen LogP contribution in [0.4, 0.5) is 5.82 Å².